The molecule has 0 aromatic carbocycles. The molecule has 1 atom stereocenters. The number of aromatic nitrogens is 3. The second kappa shape index (κ2) is 4.57. The first kappa shape index (κ1) is 12.8. The summed E-state index contributed by atoms with van der Waals surface area (Å²) in [6, 6.07) is 0.192. The van der Waals surface area contributed by atoms with Crippen molar-refractivity contribution in [3.63, 3.8) is 0 Å². The monoisotopic (exact) mass is 277 g/mol. The Kier molecular flexibility index (Phi) is 3.45. The van der Waals surface area contributed by atoms with Crippen LogP contribution in [0.15, 0.2) is 0 Å². The van der Waals surface area contributed by atoms with Crippen LogP contribution in [0.5, 0.6) is 0 Å². The lowest BCUT2D eigenvalue weighted by Crippen LogP contribution is -2.14. The molecule has 1 aliphatic rings. The Morgan fingerprint density at radius 2 is 2.18 bits per heavy atom. The molecule has 96 valence electrons. The van der Waals surface area contributed by atoms with Gasteiger partial charge in [-0.1, -0.05) is 0 Å². The van der Waals surface area contributed by atoms with Gasteiger partial charge in [-0.3, -0.25) is 0 Å². The van der Waals surface area contributed by atoms with Crippen LogP contribution in [0.1, 0.15) is 43.9 Å². The minimum Gasteiger partial charge on any atom is -0.311 e. The fraction of sp³-hybridized carbons (Fsp3) is 0.800. The quantitative estimate of drug-likeness (QED) is 0.786. The van der Waals surface area contributed by atoms with Crippen LogP contribution in [0.2, 0.25) is 0 Å². The predicted molar refractivity (Wildman–Crippen MR) is 66.0 cm³/mol. The van der Waals surface area contributed by atoms with Gasteiger partial charge in [-0.25, -0.2) is 8.42 Å². The van der Waals surface area contributed by atoms with Crippen molar-refractivity contribution < 1.29 is 8.42 Å². The van der Waals surface area contributed by atoms with Crippen LogP contribution in [-0.4, -0.2) is 34.7 Å². The molecule has 1 aromatic heterocycles. The summed E-state index contributed by atoms with van der Waals surface area (Å²) < 4.78 is 24.9. The Morgan fingerprint density at radius 3 is 2.65 bits per heavy atom. The van der Waals surface area contributed by atoms with Crippen LogP contribution in [0.3, 0.4) is 0 Å². The highest BCUT2D eigenvalue weighted by atomic mass is 35.5. The standard InChI is InChI=1S/C10H16ClN3O2S/c1-7(2)14-9(5-11)12-13-10(14)8-3-4-17(15,16)6-8/h7-8H,3-6H2,1-2H3. The van der Waals surface area contributed by atoms with Crippen LogP contribution in [-0.2, 0) is 15.7 Å². The highest BCUT2D eigenvalue weighted by molar-refractivity contribution is 7.91. The largest absolute Gasteiger partial charge is 0.311 e. The van der Waals surface area contributed by atoms with Crippen molar-refractivity contribution in [3.8, 4) is 0 Å². The van der Waals surface area contributed by atoms with Gasteiger partial charge in [0, 0.05) is 12.0 Å². The fourth-order valence-electron chi connectivity index (χ4n) is 2.27. The van der Waals surface area contributed by atoms with Gasteiger partial charge in [-0.2, -0.15) is 0 Å². The van der Waals surface area contributed by atoms with Gasteiger partial charge in [0.15, 0.2) is 9.84 Å². The first-order valence-corrected chi connectivity index (χ1v) is 8.00. The molecule has 17 heavy (non-hydrogen) atoms. The highest BCUT2D eigenvalue weighted by Crippen LogP contribution is 2.29. The third kappa shape index (κ3) is 2.47. The highest BCUT2D eigenvalue weighted by Gasteiger charge is 2.33. The van der Waals surface area contributed by atoms with E-state index in [1.54, 1.807) is 0 Å². The van der Waals surface area contributed by atoms with E-state index in [2.05, 4.69) is 10.2 Å². The molecule has 0 radical (unpaired) electrons. The number of halogens is 1. The molecule has 0 amide bonds. The van der Waals surface area contributed by atoms with E-state index in [1.165, 1.54) is 0 Å². The average Bonchev–Trinajstić information content (AvgIpc) is 2.80. The van der Waals surface area contributed by atoms with Gasteiger partial charge in [0.1, 0.15) is 11.6 Å². The van der Waals surface area contributed by atoms with Crippen molar-refractivity contribution in [1.29, 1.82) is 0 Å². The van der Waals surface area contributed by atoms with Gasteiger partial charge >= 0.3 is 0 Å². The molecule has 1 aliphatic heterocycles. The number of hydrogen-bond donors (Lipinski definition) is 0. The molecule has 0 aliphatic carbocycles. The molecular weight excluding hydrogens is 262 g/mol. The number of alkyl halides is 1. The molecule has 2 rings (SSSR count). The third-order valence-corrected chi connectivity index (χ3v) is 5.03. The van der Waals surface area contributed by atoms with Crippen LogP contribution >= 0.6 is 11.6 Å². The van der Waals surface area contributed by atoms with Crippen LogP contribution in [0.4, 0.5) is 0 Å². The van der Waals surface area contributed by atoms with Gasteiger partial charge in [0.25, 0.3) is 0 Å². The molecule has 0 N–H and O–H groups in total. The van der Waals surface area contributed by atoms with E-state index >= 15 is 0 Å². The number of sulfone groups is 1. The van der Waals surface area contributed by atoms with Crippen molar-refractivity contribution in [2.24, 2.45) is 0 Å². The summed E-state index contributed by atoms with van der Waals surface area (Å²) in [7, 11) is -2.90. The summed E-state index contributed by atoms with van der Waals surface area (Å²) in [5, 5.41) is 8.15. The first-order chi connectivity index (χ1) is 7.94. The zero-order valence-electron chi connectivity index (χ0n) is 9.93. The summed E-state index contributed by atoms with van der Waals surface area (Å²) in [4.78, 5) is 0. The lowest BCUT2D eigenvalue weighted by atomic mass is 10.1. The lowest BCUT2D eigenvalue weighted by molar-refractivity contribution is 0.527. The van der Waals surface area contributed by atoms with E-state index in [1.807, 2.05) is 18.4 Å². The molecule has 1 saturated heterocycles. The van der Waals surface area contributed by atoms with E-state index in [0.717, 1.165) is 5.82 Å². The fourth-order valence-corrected chi connectivity index (χ4v) is 4.19. The zero-order chi connectivity index (χ0) is 12.6. The Morgan fingerprint density at radius 1 is 1.47 bits per heavy atom. The smallest absolute Gasteiger partial charge is 0.151 e. The lowest BCUT2D eigenvalue weighted by Gasteiger charge is -2.15. The summed E-state index contributed by atoms with van der Waals surface area (Å²) in [5.41, 5.74) is 0. The Hall–Kier alpha value is -0.620. The number of hydrogen-bond acceptors (Lipinski definition) is 4. The van der Waals surface area contributed by atoms with Crippen molar-refractivity contribution in [2.45, 2.75) is 38.1 Å². The SMILES string of the molecule is CC(C)n1c(CCl)nnc1C1CCS(=O)(=O)C1. The van der Waals surface area contributed by atoms with Gasteiger partial charge < -0.3 is 4.57 Å². The van der Waals surface area contributed by atoms with E-state index < -0.39 is 9.84 Å². The van der Waals surface area contributed by atoms with E-state index in [0.29, 0.717) is 18.1 Å². The Labute approximate surface area is 106 Å². The van der Waals surface area contributed by atoms with Gasteiger partial charge in [-0.05, 0) is 20.3 Å². The zero-order valence-corrected chi connectivity index (χ0v) is 11.5. The summed E-state index contributed by atoms with van der Waals surface area (Å²) >= 11 is 5.81. The van der Waals surface area contributed by atoms with Gasteiger partial charge in [-0.15, -0.1) is 21.8 Å². The molecule has 1 unspecified atom stereocenters. The summed E-state index contributed by atoms with van der Waals surface area (Å²) in [6.07, 6.45) is 0.634. The maximum Gasteiger partial charge on any atom is 0.151 e. The third-order valence-electron chi connectivity index (χ3n) is 3.03. The maximum atomic E-state index is 11.5. The summed E-state index contributed by atoms with van der Waals surface area (Å²) in [6.45, 7) is 4.04. The Balaban J connectivity index is 2.36. The molecule has 0 bridgehead atoms. The molecule has 2 heterocycles. The van der Waals surface area contributed by atoms with Crippen LogP contribution in [0.25, 0.3) is 0 Å². The van der Waals surface area contributed by atoms with Crippen molar-refractivity contribution in [2.75, 3.05) is 11.5 Å². The molecule has 0 saturated carbocycles. The number of rotatable bonds is 3. The topological polar surface area (TPSA) is 64.8 Å². The minimum atomic E-state index is -2.90. The number of nitrogens with zero attached hydrogens (tertiary/aromatic N) is 3. The predicted octanol–water partition coefficient (Wildman–Crippen LogP) is 1.50. The second-order valence-electron chi connectivity index (χ2n) is 4.67. The van der Waals surface area contributed by atoms with E-state index in [9.17, 15) is 8.42 Å². The van der Waals surface area contributed by atoms with Crippen LogP contribution < -0.4 is 0 Å². The van der Waals surface area contributed by atoms with E-state index in [-0.39, 0.29) is 23.5 Å². The first-order valence-electron chi connectivity index (χ1n) is 5.64. The second-order valence-corrected chi connectivity index (χ2v) is 7.17. The molecule has 1 aromatic rings. The molecular formula is C10H16ClN3O2S. The molecule has 1 fully saturated rings. The van der Waals surface area contributed by atoms with Gasteiger partial charge in [0.2, 0.25) is 0 Å². The average molecular weight is 278 g/mol. The molecule has 5 nitrogen and oxygen atoms in total. The summed E-state index contributed by atoms with van der Waals surface area (Å²) in [5.74, 6) is 2.16. The molecule has 0 spiro atoms. The normalized spacial score (nSPS) is 23.4. The maximum absolute atomic E-state index is 11.5. The van der Waals surface area contributed by atoms with Gasteiger partial charge in [0.05, 0.1) is 17.4 Å². The van der Waals surface area contributed by atoms with Crippen LogP contribution in [0, 0.1) is 0 Å². The minimum absolute atomic E-state index is 0.0353. The van der Waals surface area contributed by atoms with Crippen molar-refractivity contribution >= 4 is 21.4 Å². The molecule has 7 heteroatoms. The van der Waals surface area contributed by atoms with Crippen molar-refractivity contribution in [1.82, 2.24) is 14.8 Å². The Bertz CT molecular complexity index is 510. The van der Waals surface area contributed by atoms with E-state index in [4.69, 9.17) is 11.6 Å². The van der Waals surface area contributed by atoms with Crippen molar-refractivity contribution in [3.05, 3.63) is 11.6 Å².